The number of sulfonamides is 1. The van der Waals surface area contributed by atoms with Crippen molar-refractivity contribution >= 4 is 50.9 Å². The molecule has 0 unspecified atom stereocenters. The van der Waals surface area contributed by atoms with Crippen LogP contribution >= 0.6 is 12.4 Å². The van der Waals surface area contributed by atoms with Crippen molar-refractivity contribution in [3.8, 4) is 5.75 Å². The fourth-order valence-corrected chi connectivity index (χ4v) is 4.99. The summed E-state index contributed by atoms with van der Waals surface area (Å²) in [6.07, 6.45) is 2.79. The van der Waals surface area contributed by atoms with Crippen molar-refractivity contribution in [1.82, 2.24) is 9.97 Å². The van der Waals surface area contributed by atoms with Gasteiger partial charge in [0.15, 0.2) is 23.0 Å². The second kappa shape index (κ2) is 12.7. The van der Waals surface area contributed by atoms with Crippen LogP contribution in [0.2, 0.25) is 0 Å². The number of anilines is 1. The number of pyridine rings is 2. The number of aryl methyl sites for hydroxylation is 1. The number of aromatic nitrogens is 2. The molecule has 0 spiro atoms. The van der Waals surface area contributed by atoms with Gasteiger partial charge in [-0.2, -0.15) is 0 Å². The molecule has 1 aromatic carbocycles. The molecule has 0 saturated carbocycles. The molecule has 0 aliphatic heterocycles. The lowest BCUT2D eigenvalue weighted by atomic mass is 10.00. The molecule has 200 valence electrons. The molecular formula is C24H28ClFN4O6S. The van der Waals surface area contributed by atoms with Gasteiger partial charge in [-0.3, -0.25) is 14.1 Å². The fourth-order valence-electron chi connectivity index (χ4n) is 3.75. The largest absolute Gasteiger partial charge is 0.504 e. The van der Waals surface area contributed by atoms with Crippen LogP contribution in [0, 0.1) is 5.82 Å². The normalized spacial score (nSPS) is 11.2. The summed E-state index contributed by atoms with van der Waals surface area (Å²) in [7, 11) is -2.49. The number of halogens is 2. The van der Waals surface area contributed by atoms with Gasteiger partial charge in [-0.15, -0.1) is 12.4 Å². The highest BCUT2D eigenvalue weighted by molar-refractivity contribution is 7.92. The molecule has 3 rings (SSSR count). The van der Waals surface area contributed by atoms with Crippen LogP contribution in [-0.2, 0) is 16.4 Å². The monoisotopic (exact) mass is 554 g/mol. The molecule has 3 aromatic rings. The summed E-state index contributed by atoms with van der Waals surface area (Å²) in [6, 6.07) is 6.32. The second-order valence-electron chi connectivity index (χ2n) is 8.19. The molecular weight excluding hydrogens is 527 g/mol. The first-order chi connectivity index (χ1) is 17.1. The molecule has 37 heavy (non-hydrogen) atoms. The van der Waals surface area contributed by atoms with Gasteiger partial charge in [0, 0.05) is 25.1 Å². The topological polar surface area (TPSA) is 164 Å². The number of carboxylic acids is 1. The number of hydrogen-bond acceptors (Lipinski definition) is 8. The fraction of sp³-hybridized carbons (Fsp3) is 0.333. The van der Waals surface area contributed by atoms with Gasteiger partial charge >= 0.3 is 5.97 Å². The van der Waals surface area contributed by atoms with E-state index in [1.165, 1.54) is 25.4 Å². The number of unbranched alkanes of at least 4 members (excludes halogenated alkanes) is 2. The van der Waals surface area contributed by atoms with E-state index >= 15 is 0 Å². The number of hydrogen-bond donors (Lipinski definition) is 3. The van der Waals surface area contributed by atoms with Crippen molar-refractivity contribution < 1.29 is 32.6 Å². The third-order valence-electron chi connectivity index (χ3n) is 5.72. The first kappa shape index (κ1) is 29.9. The summed E-state index contributed by atoms with van der Waals surface area (Å²) in [5, 5.41) is 20.3. The molecule has 0 atom stereocenters. The quantitative estimate of drug-likeness (QED) is 0.225. The Balaban J connectivity index is 0.00000481. The lowest BCUT2D eigenvalue weighted by Crippen LogP contribution is -2.30. The minimum Gasteiger partial charge on any atom is -0.504 e. The predicted octanol–water partition coefficient (Wildman–Crippen LogP) is 3.31. The number of ketones is 1. The number of carbonyl (C=O) groups is 2. The molecule has 4 N–H and O–H groups in total. The molecule has 13 heteroatoms. The van der Waals surface area contributed by atoms with Crippen molar-refractivity contribution in [3.05, 3.63) is 59.2 Å². The number of nitrogens with two attached hydrogens (primary N) is 1. The Morgan fingerprint density at radius 3 is 2.57 bits per heavy atom. The van der Waals surface area contributed by atoms with Crippen LogP contribution in [0.5, 0.6) is 5.75 Å². The first-order valence-corrected chi connectivity index (χ1v) is 12.9. The summed E-state index contributed by atoms with van der Waals surface area (Å²) >= 11 is 0. The zero-order valence-electron chi connectivity index (χ0n) is 20.1. The van der Waals surface area contributed by atoms with E-state index in [-0.39, 0.29) is 64.5 Å². The number of aromatic carboxylic acids is 1. The van der Waals surface area contributed by atoms with E-state index in [4.69, 9.17) is 5.73 Å². The minimum absolute atomic E-state index is 0. The lowest BCUT2D eigenvalue weighted by Gasteiger charge is -2.21. The van der Waals surface area contributed by atoms with E-state index in [0.29, 0.717) is 25.8 Å². The van der Waals surface area contributed by atoms with Gasteiger partial charge < -0.3 is 15.9 Å². The Morgan fingerprint density at radius 1 is 1.16 bits per heavy atom. The third-order valence-corrected chi connectivity index (χ3v) is 7.54. The maximum atomic E-state index is 13.5. The van der Waals surface area contributed by atoms with Gasteiger partial charge in [-0.25, -0.2) is 22.6 Å². The van der Waals surface area contributed by atoms with Gasteiger partial charge in [0.1, 0.15) is 11.3 Å². The number of benzene rings is 1. The lowest BCUT2D eigenvalue weighted by molar-refractivity contribution is 0.0694. The van der Waals surface area contributed by atoms with Crippen molar-refractivity contribution in [1.29, 1.82) is 0 Å². The molecule has 0 amide bonds. The van der Waals surface area contributed by atoms with E-state index in [0.717, 1.165) is 16.4 Å². The number of Topliss-reactive ketones (excluding diaryl/α,β-unsaturated/α-hetero) is 1. The molecule has 0 aliphatic carbocycles. The third kappa shape index (κ3) is 6.90. The van der Waals surface area contributed by atoms with Crippen molar-refractivity contribution in [2.24, 2.45) is 5.73 Å². The molecule has 0 aliphatic rings. The van der Waals surface area contributed by atoms with Gasteiger partial charge in [0.05, 0.1) is 11.3 Å². The van der Waals surface area contributed by atoms with Gasteiger partial charge in [-0.05, 0) is 55.6 Å². The number of carbonyl (C=O) groups excluding carboxylic acids is 1. The van der Waals surface area contributed by atoms with Crippen molar-refractivity contribution in [2.75, 3.05) is 23.7 Å². The van der Waals surface area contributed by atoms with Crippen LogP contribution in [0.25, 0.3) is 10.9 Å². The Labute approximate surface area is 219 Å². The van der Waals surface area contributed by atoms with Crippen LogP contribution in [0.15, 0.2) is 36.5 Å². The highest BCUT2D eigenvalue weighted by Gasteiger charge is 2.26. The molecule has 2 aromatic heterocycles. The second-order valence-corrected chi connectivity index (χ2v) is 10.3. The molecule has 10 nitrogen and oxygen atoms in total. The van der Waals surface area contributed by atoms with Crippen molar-refractivity contribution in [3.63, 3.8) is 0 Å². The average Bonchev–Trinajstić information content (AvgIpc) is 2.85. The number of carboxylic acid groups (broad SMARTS) is 1. The summed E-state index contributed by atoms with van der Waals surface area (Å²) < 4.78 is 40.3. The smallest absolute Gasteiger partial charge is 0.336 e. The van der Waals surface area contributed by atoms with E-state index in [1.807, 2.05) is 0 Å². The first-order valence-electron chi connectivity index (χ1n) is 11.3. The van der Waals surface area contributed by atoms with E-state index in [9.17, 15) is 32.6 Å². The van der Waals surface area contributed by atoms with Gasteiger partial charge in [-0.1, -0.05) is 12.5 Å². The predicted molar refractivity (Wildman–Crippen MR) is 140 cm³/mol. The Morgan fingerprint density at radius 2 is 1.89 bits per heavy atom. The van der Waals surface area contributed by atoms with E-state index in [1.54, 1.807) is 6.07 Å². The average molecular weight is 555 g/mol. The Kier molecular flexibility index (Phi) is 10.3. The summed E-state index contributed by atoms with van der Waals surface area (Å²) in [4.78, 5) is 32.8. The standard InChI is InChI=1S/C24H27FN4O6S.ClH/c1-29(36(34,35)13-4-2-3-11-26)23-17-6-5-12-27-20(17)22(31)21(28-23)19(30)10-8-15-7-9-16(25)14-18(15)24(32)33;/h5-7,9,12,14,31H,2-4,8,10-11,13,26H2,1H3,(H,32,33);1H. The van der Waals surface area contributed by atoms with E-state index < -0.39 is 33.3 Å². The summed E-state index contributed by atoms with van der Waals surface area (Å²) in [5.41, 5.74) is 5.03. The maximum Gasteiger partial charge on any atom is 0.336 e. The Hall–Kier alpha value is -3.35. The van der Waals surface area contributed by atoms with Gasteiger partial charge in [0.2, 0.25) is 10.0 Å². The van der Waals surface area contributed by atoms with Crippen LogP contribution in [0.4, 0.5) is 10.2 Å². The number of fused-ring (bicyclic) bond motifs is 1. The van der Waals surface area contributed by atoms with Crippen molar-refractivity contribution in [2.45, 2.75) is 32.1 Å². The van der Waals surface area contributed by atoms with Crippen LogP contribution < -0.4 is 10.0 Å². The molecule has 0 saturated heterocycles. The van der Waals surface area contributed by atoms with Crippen LogP contribution in [0.1, 0.15) is 52.1 Å². The number of rotatable bonds is 12. The Bertz CT molecular complexity index is 1400. The van der Waals surface area contributed by atoms with E-state index in [2.05, 4.69) is 9.97 Å². The zero-order chi connectivity index (χ0) is 26.5. The number of nitrogens with zero attached hydrogens (tertiary/aromatic N) is 3. The minimum atomic E-state index is -3.81. The molecule has 0 bridgehead atoms. The zero-order valence-corrected chi connectivity index (χ0v) is 21.7. The van der Waals surface area contributed by atoms with Crippen LogP contribution in [-0.4, -0.2) is 59.7 Å². The highest BCUT2D eigenvalue weighted by atomic mass is 35.5. The maximum absolute atomic E-state index is 13.5. The molecule has 0 fully saturated rings. The number of aromatic hydroxyl groups is 1. The van der Waals surface area contributed by atoms with Gasteiger partial charge in [0.25, 0.3) is 0 Å². The summed E-state index contributed by atoms with van der Waals surface area (Å²) in [6.45, 7) is 0.461. The molecule has 0 radical (unpaired) electrons. The SMILES string of the molecule is CN(c1nc(C(=O)CCc2ccc(F)cc2C(=O)O)c(O)c2ncccc12)S(=O)(=O)CCCCCN.Cl. The van der Waals surface area contributed by atoms with Crippen LogP contribution in [0.3, 0.4) is 0 Å². The highest BCUT2D eigenvalue weighted by Crippen LogP contribution is 2.34. The summed E-state index contributed by atoms with van der Waals surface area (Å²) in [5.74, 6) is -3.44. The molecule has 2 heterocycles.